The molecule has 2 heterocycles. The maximum absolute atomic E-state index is 12.9. The molecule has 0 unspecified atom stereocenters. The first kappa shape index (κ1) is 18.0. The zero-order valence-corrected chi connectivity index (χ0v) is 14.7. The van der Waals surface area contributed by atoms with Crippen LogP contribution < -0.4 is 5.32 Å². The smallest absolute Gasteiger partial charge is 0.338 e. The number of aliphatic imine (C=N–C) groups is 1. The molecule has 7 heteroatoms. The molecule has 3 rings (SSSR count). The average Bonchev–Trinajstić information content (AvgIpc) is 3.13. The third-order valence-corrected chi connectivity index (χ3v) is 4.47. The summed E-state index contributed by atoms with van der Waals surface area (Å²) in [4.78, 5) is 6.08. The van der Waals surface area contributed by atoms with Crippen LogP contribution >= 0.6 is 11.3 Å². The lowest BCUT2D eigenvalue weighted by Gasteiger charge is -2.28. The summed E-state index contributed by atoms with van der Waals surface area (Å²) in [6.07, 6.45) is 0.907. The van der Waals surface area contributed by atoms with Crippen molar-refractivity contribution in [2.75, 3.05) is 5.32 Å². The van der Waals surface area contributed by atoms with Crippen LogP contribution in [0.5, 0.6) is 0 Å². The van der Waals surface area contributed by atoms with Crippen molar-refractivity contribution in [2.45, 2.75) is 13.1 Å². The van der Waals surface area contributed by atoms with Crippen molar-refractivity contribution in [2.24, 2.45) is 4.99 Å². The van der Waals surface area contributed by atoms with Gasteiger partial charge >= 0.3 is 6.18 Å². The molecule has 1 aliphatic heterocycles. The Balaban J connectivity index is 1.83. The first-order chi connectivity index (χ1) is 12.4. The van der Waals surface area contributed by atoms with Gasteiger partial charge in [-0.2, -0.15) is 24.5 Å². The second kappa shape index (κ2) is 7.21. The Morgan fingerprint density at radius 3 is 2.77 bits per heavy atom. The molecule has 0 spiro atoms. The third kappa shape index (κ3) is 3.72. The minimum Gasteiger partial charge on any atom is -0.338 e. The zero-order chi connectivity index (χ0) is 18.7. The normalized spacial score (nSPS) is 15.2. The van der Waals surface area contributed by atoms with E-state index in [1.807, 2.05) is 34.7 Å². The average molecular weight is 375 g/mol. The van der Waals surface area contributed by atoms with Gasteiger partial charge in [-0.15, -0.1) is 0 Å². The first-order valence-electron chi connectivity index (χ1n) is 7.76. The van der Waals surface area contributed by atoms with Crippen molar-refractivity contribution in [1.29, 1.82) is 0 Å². The van der Waals surface area contributed by atoms with Crippen molar-refractivity contribution < 1.29 is 13.2 Å². The number of thiophene rings is 1. The van der Waals surface area contributed by atoms with E-state index >= 15 is 0 Å². The Labute approximate surface area is 153 Å². The van der Waals surface area contributed by atoms with E-state index in [2.05, 4.69) is 16.9 Å². The van der Waals surface area contributed by atoms with Crippen LogP contribution in [0.3, 0.4) is 0 Å². The van der Waals surface area contributed by atoms with E-state index in [0.717, 1.165) is 23.4 Å². The van der Waals surface area contributed by atoms with E-state index in [1.165, 1.54) is 6.07 Å². The molecular weight excluding hydrogens is 359 g/mol. The van der Waals surface area contributed by atoms with E-state index in [-0.39, 0.29) is 0 Å². The van der Waals surface area contributed by atoms with Crippen molar-refractivity contribution in [3.63, 3.8) is 0 Å². The van der Waals surface area contributed by atoms with Crippen molar-refractivity contribution in [1.82, 2.24) is 4.90 Å². The predicted molar refractivity (Wildman–Crippen MR) is 101 cm³/mol. The van der Waals surface area contributed by atoms with Gasteiger partial charge in [-0.25, -0.2) is 4.99 Å². The number of halogens is 3. The maximum Gasteiger partial charge on any atom is 0.416 e. The lowest BCUT2D eigenvalue weighted by atomic mass is 10.1. The highest BCUT2D eigenvalue weighted by Crippen LogP contribution is 2.32. The van der Waals surface area contributed by atoms with Gasteiger partial charge < -0.3 is 10.2 Å². The molecule has 2 aromatic rings. The summed E-state index contributed by atoms with van der Waals surface area (Å²) in [5.41, 5.74) is 2.08. The van der Waals surface area contributed by atoms with Gasteiger partial charge in [-0.1, -0.05) is 18.7 Å². The van der Waals surface area contributed by atoms with Gasteiger partial charge in [-0.3, -0.25) is 0 Å². The topological polar surface area (TPSA) is 27.6 Å². The molecule has 1 N–H and O–H groups in total. The van der Waals surface area contributed by atoms with Gasteiger partial charge in [0.05, 0.1) is 11.3 Å². The van der Waals surface area contributed by atoms with Gasteiger partial charge in [0.1, 0.15) is 0 Å². The van der Waals surface area contributed by atoms with Crippen LogP contribution in [-0.4, -0.2) is 10.7 Å². The fourth-order valence-corrected chi connectivity index (χ4v) is 3.20. The molecule has 0 amide bonds. The third-order valence-electron chi connectivity index (χ3n) is 3.79. The van der Waals surface area contributed by atoms with Crippen LogP contribution in [0.25, 0.3) is 5.70 Å². The second-order valence-electron chi connectivity index (χ2n) is 5.48. The number of alkyl halides is 3. The summed E-state index contributed by atoms with van der Waals surface area (Å²) in [5.74, 6) is 0.390. The molecule has 1 aliphatic rings. The standard InChI is InChI=1S/C19H16F3N3S/c1-3-17(14-7-10-26-12-14)25-9-8-23-18(13(25)2)24-16-6-4-5-15(11-16)19(20,21)22/h3-12H,2H2,1H3,(H,23,24)/b17-3-. The van der Waals surface area contributed by atoms with Crippen molar-refractivity contribution in [3.05, 3.63) is 83.0 Å². The Morgan fingerprint density at radius 2 is 2.12 bits per heavy atom. The summed E-state index contributed by atoms with van der Waals surface area (Å²) in [6.45, 7) is 5.96. The largest absolute Gasteiger partial charge is 0.416 e. The van der Waals surface area contributed by atoms with E-state index in [4.69, 9.17) is 0 Å². The Kier molecular flexibility index (Phi) is 4.99. The van der Waals surface area contributed by atoms with Crippen LogP contribution in [0.4, 0.5) is 18.9 Å². The highest BCUT2D eigenvalue weighted by Gasteiger charge is 2.30. The fraction of sp³-hybridized carbons (Fsp3) is 0.105. The molecule has 1 aromatic carbocycles. The molecule has 1 aromatic heterocycles. The lowest BCUT2D eigenvalue weighted by Crippen LogP contribution is -2.28. The van der Waals surface area contributed by atoms with Gasteiger partial charge in [0, 0.05) is 34.7 Å². The molecule has 0 fully saturated rings. The Morgan fingerprint density at radius 1 is 1.31 bits per heavy atom. The number of hydrogen-bond donors (Lipinski definition) is 1. The molecule has 0 saturated heterocycles. The number of benzene rings is 1. The highest BCUT2D eigenvalue weighted by atomic mass is 32.1. The van der Waals surface area contributed by atoms with Crippen LogP contribution in [0.15, 0.2) is 76.8 Å². The van der Waals surface area contributed by atoms with E-state index in [0.29, 0.717) is 17.2 Å². The fourth-order valence-electron chi connectivity index (χ4n) is 2.55. The minimum absolute atomic E-state index is 0.299. The molecule has 0 saturated carbocycles. The SMILES string of the molecule is C=C1C(Nc2cccc(C(F)(F)F)c2)=NC=CN1/C(=C\C)c1ccsc1. The second-order valence-corrected chi connectivity index (χ2v) is 6.26. The minimum atomic E-state index is -4.40. The molecule has 0 bridgehead atoms. The van der Waals surface area contributed by atoms with Gasteiger partial charge in [0.15, 0.2) is 5.84 Å². The maximum atomic E-state index is 12.9. The summed E-state index contributed by atoms with van der Waals surface area (Å²) in [5, 5.41) is 6.92. The number of anilines is 1. The molecule has 3 nitrogen and oxygen atoms in total. The summed E-state index contributed by atoms with van der Waals surface area (Å²) in [7, 11) is 0. The molecular formula is C19H16F3N3S. The van der Waals surface area contributed by atoms with E-state index in [1.54, 1.807) is 29.8 Å². The van der Waals surface area contributed by atoms with E-state index in [9.17, 15) is 13.2 Å². The molecule has 0 aliphatic carbocycles. The first-order valence-corrected chi connectivity index (χ1v) is 8.70. The summed E-state index contributed by atoms with van der Waals surface area (Å²) < 4.78 is 38.7. The monoisotopic (exact) mass is 375 g/mol. The van der Waals surface area contributed by atoms with Gasteiger partial charge in [0.25, 0.3) is 0 Å². The summed E-state index contributed by atoms with van der Waals surface area (Å²) >= 11 is 1.58. The van der Waals surface area contributed by atoms with Crippen LogP contribution in [0, 0.1) is 0 Å². The van der Waals surface area contributed by atoms with Gasteiger partial charge in [-0.05, 0) is 36.6 Å². The number of allylic oxidation sites excluding steroid dienone is 1. The molecule has 0 radical (unpaired) electrons. The molecule has 134 valence electrons. The lowest BCUT2D eigenvalue weighted by molar-refractivity contribution is -0.137. The van der Waals surface area contributed by atoms with Crippen LogP contribution in [0.2, 0.25) is 0 Å². The summed E-state index contributed by atoms with van der Waals surface area (Å²) in [6, 6.07) is 6.99. The zero-order valence-electron chi connectivity index (χ0n) is 13.9. The Bertz CT molecular complexity index is 893. The van der Waals surface area contributed by atoms with Crippen LogP contribution in [0.1, 0.15) is 18.1 Å². The quantitative estimate of drug-likeness (QED) is 0.719. The number of nitrogens with zero attached hydrogens (tertiary/aromatic N) is 2. The molecule has 0 atom stereocenters. The number of hydrogen-bond acceptors (Lipinski definition) is 4. The highest BCUT2D eigenvalue weighted by molar-refractivity contribution is 7.08. The number of amidine groups is 1. The van der Waals surface area contributed by atoms with Gasteiger partial charge in [0.2, 0.25) is 0 Å². The number of nitrogens with one attached hydrogen (secondary N) is 1. The van der Waals surface area contributed by atoms with Crippen molar-refractivity contribution >= 4 is 28.6 Å². The predicted octanol–water partition coefficient (Wildman–Crippen LogP) is 5.94. The van der Waals surface area contributed by atoms with Crippen molar-refractivity contribution in [3.8, 4) is 0 Å². The van der Waals surface area contributed by atoms with E-state index < -0.39 is 11.7 Å². The number of rotatable bonds is 3. The molecule has 26 heavy (non-hydrogen) atoms. The van der Waals surface area contributed by atoms with Crippen LogP contribution in [-0.2, 0) is 6.18 Å². The Hall–Kier alpha value is -2.80.